The van der Waals surface area contributed by atoms with Gasteiger partial charge in [0.05, 0.1) is 16.8 Å². The van der Waals surface area contributed by atoms with Crippen LogP contribution < -0.4 is 10.1 Å². The van der Waals surface area contributed by atoms with Gasteiger partial charge in [0.2, 0.25) is 0 Å². The number of nitrogens with one attached hydrogen (secondary N) is 1. The van der Waals surface area contributed by atoms with Crippen molar-refractivity contribution in [1.82, 2.24) is 0 Å². The third-order valence-electron chi connectivity index (χ3n) is 7.43. The molecule has 0 aromatic heterocycles. The largest absolute Gasteiger partial charge is 0.487 e. The molecule has 0 saturated heterocycles. The number of benzene rings is 4. The predicted molar refractivity (Wildman–Crippen MR) is 153 cm³/mol. The summed E-state index contributed by atoms with van der Waals surface area (Å²) in [6.07, 6.45) is 7.56. The van der Waals surface area contributed by atoms with E-state index in [9.17, 15) is 4.39 Å². The number of fused-ring (bicyclic) bond motifs is 3. The van der Waals surface area contributed by atoms with Gasteiger partial charge in [-0.15, -0.1) is 0 Å². The van der Waals surface area contributed by atoms with E-state index in [1.807, 2.05) is 6.07 Å². The van der Waals surface area contributed by atoms with Crippen molar-refractivity contribution >= 4 is 29.2 Å². The zero-order valence-corrected chi connectivity index (χ0v) is 21.8. The Labute approximate surface area is 227 Å². The minimum Gasteiger partial charge on any atom is -0.487 e. The maximum atomic E-state index is 13.8. The Kier molecular flexibility index (Phi) is 6.73. The van der Waals surface area contributed by atoms with Crippen molar-refractivity contribution < 1.29 is 9.13 Å². The molecular weight excluding hydrogens is 495 g/mol. The molecule has 190 valence electrons. The van der Waals surface area contributed by atoms with Crippen LogP contribution in [0.4, 0.5) is 15.8 Å². The predicted octanol–water partition coefficient (Wildman–Crippen LogP) is 8.94. The molecule has 0 amide bonds. The Hall–Kier alpha value is -3.89. The number of aliphatic imine (C=N–C) groups is 1. The number of anilines is 1. The Morgan fingerprint density at radius 3 is 2.68 bits per heavy atom. The highest BCUT2D eigenvalue weighted by atomic mass is 35.5. The zero-order chi connectivity index (χ0) is 26.1. The van der Waals surface area contributed by atoms with Gasteiger partial charge in [-0.05, 0) is 78.4 Å². The molecule has 0 saturated carbocycles. The maximum Gasteiger partial charge on any atom is 0.138 e. The van der Waals surface area contributed by atoms with Crippen LogP contribution in [0, 0.1) is 18.7 Å². The molecule has 0 spiro atoms. The molecule has 4 aromatic rings. The molecule has 0 radical (unpaired) electrons. The number of rotatable bonds is 6. The molecule has 1 aliphatic heterocycles. The van der Waals surface area contributed by atoms with Crippen LogP contribution in [0.1, 0.15) is 46.2 Å². The van der Waals surface area contributed by atoms with Crippen LogP contribution in [-0.4, -0.2) is 6.21 Å². The molecule has 0 fully saturated rings. The quantitative estimate of drug-likeness (QED) is 0.202. The smallest absolute Gasteiger partial charge is 0.138 e. The van der Waals surface area contributed by atoms with E-state index in [-0.39, 0.29) is 18.5 Å². The minimum atomic E-state index is -0.294. The van der Waals surface area contributed by atoms with E-state index < -0.39 is 0 Å². The van der Waals surface area contributed by atoms with Gasteiger partial charge < -0.3 is 10.1 Å². The molecule has 1 N–H and O–H groups in total. The second-order valence-corrected chi connectivity index (χ2v) is 10.4. The van der Waals surface area contributed by atoms with Gasteiger partial charge >= 0.3 is 0 Å². The Bertz CT molecular complexity index is 1530. The fraction of sp³-hybridized carbons (Fsp3) is 0.182. The van der Waals surface area contributed by atoms with Gasteiger partial charge in [0.25, 0.3) is 0 Å². The molecule has 38 heavy (non-hydrogen) atoms. The first-order valence-electron chi connectivity index (χ1n) is 12.9. The fourth-order valence-electron chi connectivity index (χ4n) is 5.45. The molecule has 4 aromatic carbocycles. The number of ether oxygens (including phenoxy) is 1. The molecule has 1 heterocycles. The van der Waals surface area contributed by atoms with Crippen LogP contribution in [-0.2, 0) is 6.61 Å². The summed E-state index contributed by atoms with van der Waals surface area (Å²) < 4.78 is 19.6. The summed E-state index contributed by atoms with van der Waals surface area (Å²) in [4.78, 5) is 4.64. The van der Waals surface area contributed by atoms with E-state index in [4.69, 9.17) is 16.3 Å². The molecule has 1 aliphatic carbocycles. The van der Waals surface area contributed by atoms with Crippen LogP contribution in [0.25, 0.3) is 0 Å². The summed E-state index contributed by atoms with van der Waals surface area (Å²) in [7, 11) is 0. The van der Waals surface area contributed by atoms with Gasteiger partial charge in [-0.2, -0.15) is 0 Å². The lowest BCUT2D eigenvalue weighted by atomic mass is 9.76. The first-order chi connectivity index (χ1) is 18.5. The highest BCUT2D eigenvalue weighted by Gasteiger charge is 2.37. The second kappa shape index (κ2) is 10.5. The van der Waals surface area contributed by atoms with E-state index in [2.05, 4.69) is 71.8 Å². The molecule has 0 bridgehead atoms. The van der Waals surface area contributed by atoms with Crippen molar-refractivity contribution in [2.45, 2.75) is 31.9 Å². The van der Waals surface area contributed by atoms with Crippen LogP contribution in [0.5, 0.6) is 5.75 Å². The fourth-order valence-corrected chi connectivity index (χ4v) is 5.69. The van der Waals surface area contributed by atoms with Crippen molar-refractivity contribution in [3.8, 4) is 5.75 Å². The summed E-state index contributed by atoms with van der Waals surface area (Å²) in [5, 5.41) is 4.26. The number of hydrogen-bond donors (Lipinski definition) is 1. The molecule has 0 unspecified atom stereocenters. The molecule has 2 aliphatic rings. The average molecular weight is 523 g/mol. The number of halogens is 2. The van der Waals surface area contributed by atoms with E-state index in [0.717, 1.165) is 17.7 Å². The summed E-state index contributed by atoms with van der Waals surface area (Å²) >= 11 is 6.42. The number of nitrogens with zero attached hydrogens (tertiary/aromatic N) is 1. The monoisotopic (exact) mass is 522 g/mol. The van der Waals surface area contributed by atoms with Crippen LogP contribution in [0.15, 0.2) is 102 Å². The molecule has 3 atom stereocenters. The SMILES string of the molecule is Cc1ccc2c(c1)[C@@H]1C=CC[C@H]1[C@H](c1ccc(N=Cc3ccc(OCc4ccccc4F)c(Cl)c3)cc1)N2. The second-order valence-electron chi connectivity index (χ2n) is 9.99. The van der Waals surface area contributed by atoms with Crippen molar-refractivity contribution in [2.75, 3.05) is 5.32 Å². The maximum absolute atomic E-state index is 13.8. The van der Waals surface area contributed by atoms with E-state index in [1.165, 1.54) is 28.4 Å². The van der Waals surface area contributed by atoms with Crippen LogP contribution in [0.2, 0.25) is 5.02 Å². The van der Waals surface area contributed by atoms with E-state index >= 15 is 0 Å². The number of allylic oxidation sites excluding steroid dienone is 2. The van der Waals surface area contributed by atoms with Gasteiger partial charge in [0.1, 0.15) is 18.2 Å². The summed E-state index contributed by atoms with van der Waals surface area (Å²) in [6, 6.07) is 27.4. The normalized spacial score (nSPS) is 19.7. The zero-order valence-electron chi connectivity index (χ0n) is 21.1. The van der Waals surface area contributed by atoms with E-state index in [0.29, 0.717) is 28.2 Å². The van der Waals surface area contributed by atoms with Crippen molar-refractivity contribution in [3.05, 3.63) is 136 Å². The molecule has 6 rings (SSSR count). The average Bonchev–Trinajstić information content (AvgIpc) is 3.43. The lowest BCUT2D eigenvalue weighted by Crippen LogP contribution is -2.29. The highest BCUT2D eigenvalue weighted by molar-refractivity contribution is 6.32. The first kappa shape index (κ1) is 24.4. The summed E-state index contributed by atoms with van der Waals surface area (Å²) in [6.45, 7) is 2.27. The number of hydrogen-bond acceptors (Lipinski definition) is 3. The van der Waals surface area contributed by atoms with Crippen molar-refractivity contribution in [3.63, 3.8) is 0 Å². The van der Waals surface area contributed by atoms with Gasteiger partial charge in [-0.25, -0.2) is 4.39 Å². The minimum absolute atomic E-state index is 0.116. The Morgan fingerprint density at radius 1 is 1.03 bits per heavy atom. The van der Waals surface area contributed by atoms with Gasteiger partial charge in [0.15, 0.2) is 0 Å². The third-order valence-corrected chi connectivity index (χ3v) is 7.73. The third kappa shape index (κ3) is 4.97. The highest BCUT2D eigenvalue weighted by Crippen LogP contribution is 2.50. The standard InChI is InChI=1S/C33H28ClFN2O/c1-21-9-15-31-28(17-21)26-6-4-7-27(26)33(37-31)23-11-13-25(14-12-23)36-19-22-10-16-32(29(34)18-22)38-20-24-5-2-3-8-30(24)35/h2-6,8-19,26-27,33,37H,7,20H2,1H3/t26-,27-,33+/m1/s1. The molecule has 3 nitrogen and oxygen atoms in total. The Balaban J connectivity index is 1.13. The van der Waals surface area contributed by atoms with E-state index in [1.54, 1.807) is 36.5 Å². The molecular formula is C33H28ClFN2O. The first-order valence-corrected chi connectivity index (χ1v) is 13.3. The summed E-state index contributed by atoms with van der Waals surface area (Å²) in [5.74, 6) is 1.18. The number of aryl methyl sites for hydroxylation is 1. The summed E-state index contributed by atoms with van der Waals surface area (Å²) in [5.41, 5.74) is 7.43. The lowest BCUT2D eigenvalue weighted by molar-refractivity contribution is 0.300. The van der Waals surface area contributed by atoms with Crippen LogP contribution >= 0.6 is 11.6 Å². The lowest BCUT2D eigenvalue weighted by Gasteiger charge is -2.37. The topological polar surface area (TPSA) is 33.6 Å². The van der Waals surface area contributed by atoms with Crippen molar-refractivity contribution in [2.24, 2.45) is 10.9 Å². The molecule has 5 heteroatoms. The Morgan fingerprint density at radius 2 is 1.87 bits per heavy atom. The van der Waals surface area contributed by atoms with Gasteiger partial charge in [-0.1, -0.05) is 71.8 Å². The van der Waals surface area contributed by atoms with Gasteiger partial charge in [-0.3, -0.25) is 4.99 Å². The van der Waals surface area contributed by atoms with Gasteiger partial charge in [0, 0.05) is 23.4 Å². The van der Waals surface area contributed by atoms with Crippen LogP contribution in [0.3, 0.4) is 0 Å². The van der Waals surface area contributed by atoms with Crippen molar-refractivity contribution in [1.29, 1.82) is 0 Å².